The van der Waals surface area contributed by atoms with Crippen molar-refractivity contribution in [1.82, 2.24) is 10.6 Å². The Morgan fingerprint density at radius 2 is 1.73 bits per heavy atom. The lowest BCUT2D eigenvalue weighted by atomic mass is 9.95. The Hall–Kier alpha value is -3.17. The number of nitrogens with one attached hydrogen (secondary N) is 2. The summed E-state index contributed by atoms with van der Waals surface area (Å²) in [5, 5.41) is 5.73. The number of rotatable bonds is 8. The van der Waals surface area contributed by atoms with Crippen molar-refractivity contribution in [3.05, 3.63) is 76.0 Å². The van der Waals surface area contributed by atoms with E-state index >= 15 is 0 Å². The Bertz CT molecular complexity index is 1120. The van der Waals surface area contributed by atoms with Crippen LogP contribution in [-0.4, -0.2) is 41.1 Å². The van der Waals surface area contributed by atoms with Gasteiger partial charge in [-0.25, -0.2) is 14.4 Å². The average molecular weight is 491 g/mol. The second kappa shape index (κ2) is 11.1. The standard InChI is InChI=1S/C23H23ClN2O6S/c1-3-31-22(28)19-17(25-23(29)26-20(19)14-9-11-15(24)12-10-14)13-32-21(27)16-7-5-6-8-18(16)33(30)4-2/h5-12,20H,3-4,13H2,1-2H3,(H2,25,26,29)/t20-,33-/m0/s1. The minimum absolute atomic E-state index is 0.0968. The summed E-state index contributed by atoms with van der Waals surface area (Å²) in [5.74, 6) is -1.05. The van der Waals surface area contributed by atoms with Gasteiger partial charge in [-0.15, -0.1) is 0 Å². The molecule has 0 radical (unpaired) electrons. The number of hydrogen-bond donors (Lipinski definition) is 2. The van der Waals surface area contributed by atoms with Gasteiger partial charge in [-0.2, -0.15) is 0 Å². The maximum atomic E-state index is 12.8. The van der Waals surface area contributed by atoms with E-state index in [9.17, 15) is 18.6 Å². The highest BCUT2D eigenvalue weighted by atomic mass is 35.5. The van der Waals surface area contributed by atoms with Crippen molar-refractivity contribution < 1.29 is 28.1 Å². The van der Waals surface area contributed by atoms with Gasteiger partial charge in [-0.3, -0.25) is 4.21 Å². The number of ether oxygens (including phenoxy) is 2. The molecule has 0 saturated heterocycles. The van der Waals surface area contributed by atoms with E-state index in [-0.39, 0.29) is 23.4 Å². The van der Waals surface area contributed by atoms with Crippen LogP contribution in [0, 0.1) is 0 Å². The van der Waals surface area contributed by atoms with Gasteiger partial charge in [0.15, 0.2) is 0 Å². The van der Waals surface area contributed by atoms with Gasteiger partial charge in [-0.1, -0.05) is 42.8 Å². The molecule has 2 atom stereocenters. The molecule has 1 heterocycles. The smallest absolute Gasteiger partial charge is 0.339 e. The van der Waals surface area contributed by atoms with E-state index in [4.69, 9.17) is 21.1 Å². The van der Waals surface area contributed by atoms with Crippen LogP contribution in [0.2, 0.25) is 5.02 Å². The van der Waals surface area contributed by atoms with Crippen LogP contribution in [0.15, 0.2) is 64.7 Å². The fraction of sp³-hybridized carbons (Fsp3) is 0.261. The van der Waals surface area contributed by atoms with E-state index in [0.717, 1.165) is 0 Å². The fourth-order valence-electron chi connectivity index (χ4n) is 3.29. The fourth-order valence-corrected chi connectivity index (χ4v) is 4.36. The molecule has 2 aromatic rings. The van der Waals surface area contributed by atoms with Crippen molar-refractivity contribution in [2.24, 2.45) is 0 Å². The normalized spacial score (nSPS) is 16.5. The molecule has 3 rings (SSSR count). The van der Waals surface area contributed by atoms with Gasteiger partial charge < -0.3 is 20.1 Å². The molecule has 0 spiro atoms. The molecule has 1 aliphatic heterocycles. The molecule has 0 aliphatic carbocycles. The zero-order valence-electron chi connectivity index (χ0n) is 18.1. The highest BCUT2D eigenvalue weighted by molar-refractivity contribution is 7.85. The SMILES string of the molecule is CCOC(=O)C1=C(COC(=O)c2ccccc2[S@@](=O)CC)NC(=O)N[C@H]1c1ccc(Cl)cc1. The number of carbonyl (C=O) groups excluding carboxylic acids is 3. The number of carbonyl (C=O) groups is 3. The third-order valence-corrected chi connectivity index (χ3v) is 6.44. The molecule has 33 heavy (non-hydrogen) atoms. The van der Waals surface area contributed by atoms with Crippen LogP contribution >= 0.6 is 11.6 Å². The van der Waals surface area contributed by atoms with E-state index in [2.05, 4.69) is 10.6 Å². The van der Waals surface area contributed by atoms with E-state index in [1.807, 2.05) is 0 Å². The first kappa shape index (κ1) is 24.5. The third kappa shape index (κ3) is 5.80. The summed E-state index contributed by atoms with van der Waals surface area (Å²) in [6.07, 6.45) is 0. The summed E-state index contributed by atoms with van der Waals surface area (Å²) in [4.78, 5) is 38.2. The van der Waals surface area contributed by atoms with Gasteiger partial charge in [-0.05, 0) is 36.8 Å². The Labute approximate surface area is 198 Å². The summed E-state index contributed by atoms with van der Waals surface area (Å²) in [6.45, 7) is 3.13. The number of benzene rings is 2. The van der Waals surface area contributed by atoms with Crippen molar-refractivity contribution in [3.63, 3.8) is 0 Å². The maximum Gasteiger partial charge on any atom is 0.339 e. The molecule has 1 aliphatic rings. The molecule has 8 nitrogen and oxygen atoms in total. The highest BCUT2D eigenvalue weighted by Gasteiger charge is 2.34. The number of hydrogen-bond acceptors (Lipinski definition) is 6. The van der Waals surface area contributed by atoms with Crippen LogP contribution in [0.4, 0.5) is 4.79 Å². The Kier molecular flexibility index (Phi) is 8.24. The molecule has 0 aromatic heterocycles. The predicted molar refractivity (Wildman–Crippen MR) is 123 cm³/mol. The molecule has 174 valence electrons. The molecule has 0 fully saturated rings. The zero-order valence-corrected chi connectivity index (χ0v) is 19.6. The first-order valence-corrected chi connectivity index (χ1v) is 11.9. The van der Waals surface area contributed by atoms with E-state index < -0.39 is 41.4 Å². The van der Waals surface area contributed by atoms with Crippen LogP contribution in [0.25, 0.3) is 0 Å². The highest BCUT2D eigenvalue weighted by Crippen LogP contribution is 2.29. The van der Waals surface area contributed by atoms with Crippen LogP contribution in [0.3, 0.4) is 0 Å². The first-order valence-electron chi connectivity index (χ1n) is 10.2. The molecule has 0 saturated carbocycles. The molecule has 2 amide bonds. The van der Waals surface area contributed by atoms with Crippen LogP contribution in [0.5, 0.6) is 0 Å². The van der Waals surface area contributed by atoms with Crippen molar-refractivity contribution in [2.45, 2.75) is 24.8 Å². The third-order valence-electron chi connectivity index (χ3n) is 4.81. The molecular formula is C23H23ClN2O6S. The molecule has 10 heteroatoms. The van der Waals surface area contributed by atoms with E-state index in [1.165, 1.54) is 6.07 Å². The predicted octanol–water partition coefficient (Wildman–Crippen LogP) is 3.50. The van der Waals surface area contributed by atoms with E-state index in [0.29, 0.717) is 21.2 Å². The number of halogens is 1. The van der Waals surface area contributed by atoms with Crippen molar-refractivity contribution in [2.75, 3.05) is 19.0 Å². The van der Waals surface area contributed by atoms with Crippen molar-refractivity contribution in [1.29, 1.82) is 0 Å². The Morgan fingerprint density at radius 1 is 1.03 bits per heavy atom. The van der Waals surface area contributed by atoms with Crippen molar-refractivity contribution in [3.8, 4) is 0 Å². The monoisotopic (exact) mass is 490 g/mol. The molecule has 2 aromatic carbocycles. The van der Waals surface area contributed by atoms with Crippen LogP contribution in [0.1, 0.15) is 35.8 Å². The van der Waals surface area contributed by atoms with Gasteiger partial charge in [0.2, 0.25) is 0 Å². The van der Waals surface area contributed by atoms with Crippen LogP contribution in [-0.2, 0) is 25.1 Å². The maximum absolute atomic E-state index is 12.8. The minimum atomic E-state index is -1.36. The molecule has 2 N–H and O–H groups in total. The zero-order chi connectivity index (χ0) is 24.0. The Morgan fingerprint density at radius 3 is 2.39 bits per heavy atom. The number of urea groups is 1. The van der Waals surface area contributed by atoms with Gasteiger partial charge in [0, 0.05) is 10.8 Å². The first-order chi connectivity index (χ1) is 15.8. The molecular weight excluding hydrogens is 468 g/mol. The van der Waals surface area contributed by atoms with Gasteiger partial charge in [0.05, 0.1) is 45.2 Å². The lowest BCUT2D eigenvalue weighted by Gasteiger charge is -2.29. The average Bonchev–Trinajstić information content (AvgIpc) is 2.82. The van der Waals surface area contributed by atoms with E-state index in [1.54, 1.807) is 56.3 Å². The number of amides is 2. The topological polar surface area (TPSA) is 111 Å². The second-order valence-electron chi connectivity index (χ2n) is 6.90. The lowest BCUT2D eigenvalue weighted by Crippen LogP contribution is -2.47. The summed E-state index contributed by atoms with van der Waals surface area (Å²) < 4.78 is 22.9. The second-order valence-corrected chi connectivity index (χ2v) is 9.05. The summed E-state index contributed by atoms with van der Waals surface area (Å²) in [5.41, 5.74) is 0.965. The van der Waals surface area contributed by atoms with Gasteiger partial charge in [0.25, 0.3) is 0 Å². The summed E-state index contributed by atoms with van der Waals surface area (Å²) >= 11 is 5.96. The van der Waals surface area contributed by atoms with Gasteiger partial charge >= 0.3 is 18.0 Å². The van der Waals surface area contributed by atoms with Gasteiger partial charge in [0.1, 0.15) is 6.61 Å². The quantitative estimate of drug-likeness (QED) is 0.548. The summed E-state index contributed by atoms with van der Waals surface area (Å²) in [7, 11) is -1.36. The minimum Gasteiger partial charge on any atom is -0.463 e. The number of esters is 2. The lowest BCUT2D eigenvalue weighted by molar-refractivity contribution is -0.139. The largest absolute Gasteiger partial charge is 0.463 e. The molecule has 0 bridgehead atoms. The Balaban J connectivity index is 1.94. The van der Waals surface area contributed by atoms with Crippen molar-refractivity contribution >= 4 is 40.4 Å². The summed E-state index contributed by atoms with van der Waals surface area (Å²) in [6, 6.07) is 11.7. The molecule has 0 unspecified atom stereocenters. The van der Waals surface area contributed by atoms with Crippen LogP contribution < -0.4 is 10.6 Å².